The molecule has 1 atom stereocenters. The Bertz CT molecular complexity index is 880. The molecule has 0 saturated carbocycles. The Balaban J connectivity index is 2.04. The standard InChI is InChI=1S/C27H38N2O4/c1-6-25(27(31)28-18-20(2)3)29(19-22-11-8-7-10-21(22)4)26(30)12-9-17-33-24-15-13-23(32-5)14-16-24/h7-8,10-11,13-16,20,25H,6,9,12,17-19H2,1-5H3,(H,28,31)/t25-/m1/s1. The van der Waals surface area contributed by atoms with Crippen LogP contribution in [0, 0.1) is 12.8 Å². The Hall–Kier alpha value is -3.02. The van der Waals surface area contributed by atoms with Gasteiger partial charge >= 0.3 is 0 Å². The predicted octanol–water partition coefficient (Wildman–Crippen LogP) is 4.74. The van der Waals surface area contributed by atoms with Crippen LogP contribution in [0.25, 0.3) is 0 Å². The lowest BCUT2D eigenvalue weighted by atomic mass is 10.0. The van der Waals surface area contributed by atoms with Crippen LogP contribution in [-0.2, 0) is 16.1 Å². The molecule has 0 fully saturated rings. The number of carbonyl (C=O) groups is 2. The van der Waals surface area contributed by atoms with Gasteiger partial charge in [0.1, 0.15) is 17.5 Å². The van der Waals surface area contributed by atoms with Crippen LogP contribution in [0.4, 0.5) is 0 Å². The first kappa shape index (κ1) is 26.2. The average Bonchev–Trinajstić information content (AvgIpc) is 2.81. The number of hydrogen-bond donors (Lipinski definition) is 1. The Morgan fingerprint density at radius 2 is 1.70 bits per heavy atom. The van der Waals surface area contributed by atoms with Crippen molar-refractivity contribution in [3.63, 3.8) is 0 Å². The molecule has 2 aromatic carbocycles. The molecule has 0 unspecified atom stereocenters. The van der Waals surface area contributed by atoms with Crippen LogP contribution in [0.5, 0.6) is 11.5 Å². The molecule has 33 heavy (non-hydrogen) atoms. The van der Waals surface area contributed by atoms with E-state index < -0.39 is 6.04 Å². The van der Waals surface area contributed by atoms with E-state index in [0.29, 0.717) is 44.9 Å². The Morgan fingerprint density at radius 3 is 2.30 bits per heavy atom. The first-order valence-electron chi connectivity index (χ1n) is 11.7. The Kier molecular flexibility index (Phi) is 10.7. The van der Waals surface area contributed by atoms with Crippen LogP contribution < -0.4 is 14.8 Å². The second-order valence-electron chi connectivity index (χ2n) is 8.64. The minimum Gasteiger partial charge on any atom is -0.497 e. The normalized spacial score (nSPS) is 11.7. The second-order valence-corrected chi connectivity index (χ2v) is 8.64. The third-order valence-corrected chi connectivity index (χ3v) is 5.54. The second kappa shape index (κ2) is 13.5. The topological polar surface area (TPSA) is 67.9 Å². The van der Waals surface area contributed by atoms with Gasteiger partial charge in [0.05, 0.1) is 13.7 Å². The third-order valence-electron chi connectivity index (χ3n) is 5.54. The molecule has 0 aliphatic carbocycles. The zero-order valence-corrected chi connectivity index (χ0v) is 20.6. The molecule has 6 heteroatoms. The molecule has 0 heterocycles. The van der Waals surface area contributed by atoms with Crippen molar-refractivity contribution >= 4 is 11.8 Å². The summed E-state index contributed by atoms with van der Waals surface area (Å²) in [6.07, 6.45) is 1.44. The Labute approximate surface area is 198 Å². The highest BCUT2D eigenvalue weighted by molar-refractivity contribution is 5.87. The van der Waals surface area contributed by atoms with E-state index in [-0.39, 0.29) is 11.8 Å². The van der Waals surface area contributed by atoms with Gasteiger partial charge in [0.2, 0.25) is 11.8 Å². The fraction of sp³-hybridized carbons (Fsp3) is 0.481. The van der Waals surface area contributed by atoms with Crippen LogP contribution in [0.3, 0.4) is 0 Å². The lowest BCUT2D eigenvalue weighted by Gasteiger charge is -2.31. The lowest BCUT2D eigenvalue weighted by Crippen LogP contribution is -2.49. The molecule has 2 rings (SSSR count). The number of ether oxygens (including phenoxy) is 2. The van der Waals surface area contributed by atoms with E-state index in [0.717, 1.165) is 22.6 Å². The summed E-state index contributed by atoms with van der Waals surface area (Å²) >= 11 is 0. The summed E-state index contributed by atoms with van der Waals surface area (Å²) in [6, 6.07) is 14.9. The molecule has 2 amide bonds. The number of nitrogens with one attached hydrogen (secondary N) is 1. The van der Waals surface area contributed by atoms with Crippen LogP contribution in [-0.4, -0.2) is 43.0 Å². The molecule has 0 aliphatic heterocycles. The number of rotatable bonds is 13. The van der Waals surface area contributed by atoms with Crippen molar-refractivity contribution < 1.29 is 19.1 Å². The molecule has 1 N–H and O–H groups in total. The summed E-state index contributed by atoms with van der Waals surface area (Å²) in [6.45, 7) is 9.52. The van der Waals surface area contributed by atoms with Crippen molar-refractivity contribution in [1.82, 2.24) is 10.2 Å². The maximum absolute atomic E-state index is 13.3. The fourth-order valence-electron chi connectivity index (χ4n) is 3.54. The van der Waals surface area contributed by atoms with Crippen LogP contribution in [0.1, 0.15) is 51.2 Å². The number of amides is 2. The van der Waals surface area contributed by atoms with E-state index in [1.165, 1.54) is 0 Å². The van der Waals surface area contributed by atoms with Gasteiger partial charge < -0.3 is 19.7 Å². The molecule has 0 bridgehead atoms. The van der Waals surface area contributed by atoms with Gasteiger partial charge in [-0.25, -0.2) is 0 Å². The van der Waals surface area contributed by atoms with E-state index in [1.54, 1.807) is 12.0 Å². The molecule has 0 aromatic heterocycles. The molecule has 6 nitrogen and oxygen atoms in total. The number of aryl methyl sites for hydroxylation is 1. The van der Waals surface area contributed by atoms with Crippen molar-refractivity contribution in [3.8, 4) is 11.5 Å². The highest BCUT2D eigenvalue weighted by Gasteiger charge is 2.28. The highest BCUT2D eigenvalue weighted by Crippen LogP contribution is 2.19. The van der Waals surface area contributed by atoms with E-state index in [9.17, 15) is 9.59 Å². The first-order valence-corrected chi connectivity index (χ1v) is 11.7. The van der Waals surface area contributed by atoms with Crippen molar-refractivity contribution in [2.24, 2.45) is 5.92 Å². The van der Waals surface area contributed by atoms with E-state index in [4.69, 9.17) is 9.47 Å². The van der Waals surface area contributed by atoms with Gasteiger partial charge in [-0.2, -0.15) is 0 Å². The number of nitrogens with zero attached hydrogens (tertiary/aromatic N) is 1. The van der Waals surface area contributed by atoms with Crippen molar-refractivity contribution in [2.75, 3.05) is 20.3 Å². The molecule has 0 spiro atoms. The molecule has 0 saturated heterocycles. The van der Waals surface area contributed by atoms with Gasteiger partial charge in [-0.15, -0.1) is 0 Å². The van der Waals surface area contributed by atoms with E-state index in [2.05, 4.69) is 19.2 Å². The summed E-state index contributed by atoms with van der Waals surface area (Å²) in [4.78, 5) is 27.9. The molecule has 0 aliphatic rings. The van der Waals surface area contributed by atoms with Gasteiger partial charge in [-0.05, 0) is 61.1 Å². The fourth-order valence-corrected chi connectivity index (χ4v) is 3.54. The van der Waals surface area contributed by atoms with E-state index in [1.807, 2.05) is 62.4 Å². The van der Waals surface area contributed by atoms with Crippen molar-refractivity contribution in [3.05, 3.63) is 59.7 Å². The number of methoxy groups -OCH3 is 1. The van der Waals surface area contributed by atoms with Crippen molar-refractivity contribution in [1.29, 1.82) is 0 Å². The van der Waals surface area contributed by atoms with Gasteiger partial charge in [-0.3, -0.25) is 9.59 Å². The molecule has 2 aromatic rings. The average molecular weight is 455 g/mol. The minimum atomic E-state index is -0.502. The van der Waals surface area contributed by atoms with E-state index >= 15 is 0 Å². The summed E-state index contributed by atoms with van der Waals surface area (Å²) in [5.74, 6) is 1.72. The monoisotopic (exact) mass is 454 g/mol. The van der Waals surface area contributed by atoms with Gasteiger partial charge in [0.25, 0.3) is 0 Å². The van der Waals surface area contributed by atoms with Gasteiger partial charge in [-0.1, -0.05) is 45.0 Å². The molecule has 180 valence electrons. The summed E-state index contributed by atoms with van der Waals surface area (Å²) in [5.41, 5.74) is 2.16. The molecular formula is C27H38N2O4. The van der Waals surface area contributed by atoms with Gasteiger partial charge in [0, 0.05) is 19.5 Å². The van der Waals surface area contributed by atoms with Crippen LogP contribution in [0.15, 0.2) is 48.5 Å². The zero-order chi connectivity index (χ0) is 24.2. The van der Waals surface area contributed by atoms with Crippen LogP contribution >= 0.6 is 0 Å². The summed E-state index contributed by atoms with van der Waals surface area (Å²) in [5, 5.41) is 3.00. The number of carbonyl (C=O) groups excluding carboxylic acids is 2. The molecular weight excluding hydrogens is 416 g/mol. The maximum Gasteiger partial charge on any atom is 0.242 e. The number of benzene rings is 2. The SMILES string of the molecule is CC[C@H](C(=O)NCC(C)C)N(Cc1ccccc1C)C(=O)CCCOc1ccc(OC)cc1. The molecule has 0 radical (unpaired) electrons. The van der Waals surface area contributed by atoms with Crippen molar-refractivity contribution in [2.45, 2.75) is 59.5 Å². The van der Waals surface area contributed by atoms with Crippen LogP contribution in [0.2, 0.25) is 0 Å². The zero-order valence-electron chi connectivity index (χ0n) is 20.6. The minimum absolute atomic E-state index is 0.0388. The lowest BCUT2D eigenvalue weighted by molar-refractivity contribution is -0.141. The smallest absolute Gasteiger partial charge is 0.242 e. The number of hydrogen-bond acceptors (Lipinski definition) is 4. The first-order chi connectivity index (χ1) is 15.8. The summed E-state index contributed by atoms with van der Waals surface area (Å²) < 4.78 is 10.9. The predicted molar refractivity (Wildman–Crippen MR) is 131 cm³/mol. The third kappa shape index (κ3) is 8.44. The summed E-state index contributed by atoms with van der Waals surface area (Å²) in [7, 11) is 1.62. The van der Waals surface area contributed by atoms with Gasteiger partial charge in [0.15, 0.2) is 0 Å². The highest BCUT2D eigenvalue weighted by atomic mass is 16.5. The largest absolute Gasteiger partial charge is 0.497 e. The quantitative estimate of drug-likeness (QED) is 0.444. The maximum atomic E-state index is 13.3. The Morgan fingerprint density at radius 1 is 1.03 bits per heavy atom.